The van der Waals surface area contributed by atoms with Crippen LogP contribution in [0.15, 0.2) is 34.8 Å². The Bertz CT molecular complexity index is 935. The summed E-state index contributed by atoms with van der Waals surface area (Å²) in [6.07, 6.45) is 0.786. The third-order valence-corrected chi connectivity index (χ3v) is 5.80. The lowest BCUT2D eigenvalue weighted by molar-refractivity contribution is 0.410. The molecule has 0 aliphatic carbocycles. The fourth-order valence-corrected chi connectivity index (χ4v) is 3.67. The van der Waals surface area contributed by atoms with E-state index in [1.165, 1.54) is 22.5 Å². The van der Waals surface area contributed by atoms with E-state index >= 15 is 0 Å². The highest BCUT2D eigenvalue weighted by molar-refractivity contribution is 9.10. The van der Waals surface area contributed by atoms with Gasteiger partial charge in [-0.3, -0.25) is 4.40 Å². The molecule has 0 fully saturated rings. The molecule has 4 heteroatoms. The number of imidazole rings is 1. The highest BCUT2D eigenvalue weighted by Gasteiger charge is 2.26. The second-order valence-electron chi connectivity index (χ2n) is 7.57. The maximum Gasteiger partial charge on any atom is 0.137 e. The van der Waals surface area contributed by atoms with Gasteiger partial charge < -0.3 is 4.74 Å². The number of halogens is 1. The van der Waals surface area contributed by atoms with Crippen molar-refractivity contribution < 1.29 is 4.74 Å². The molecule has 0 saturated carbocycles. The number of hydrogen-bond donors (Lipinski definition) is 0. The van der Waals surface area contributed by atoms with Crippen LogP contribution in [-0.2, 0) is 11.8 Å². The number of pyridine rings is 1. The average molecular weight is 401 g/mol. The maximum absolute atomic E-state index is 5.57. The van der Waals surface area contributed by atoms with Crippen LogP contribution in [0, 0.1) is 13.8 Å². The highest BCUT2D eigenvalue weighted by Crippen LogP contribution is 2.33. The first kappa shape index (κ1) is 18.0. The second-order valence-corrected chi connectivity index (χ2v) is 8.36. The minimum Gasteiger partial charge on any atom is -0.496 e. The summed E-state index contributed by atoms with van der Waals surface area (Å²) in [5.41, 5.74) is 6.91. The van der Waals surface area contributed by atoms with Crippen molar-refractivity contribution in [3.05, 3.63) is 63.0 Å². The van der Waals surface area contributed by atoms with E-state index in [0.29, 0.717) is 0 Å². The van der Waals surface area contributed by atoms with Crippen LogP contribution in [0.3, 0.4) is 0 Å². The van der Waals surface area contributed by atoms with Crippen LogP contribution in [0.4, 0.5) is 0 Å². The maximum atomic E-state index is 5.57. The molecule has 1 aromatic carbocycles. The van der Waals surface area contributed by atoms with E-state index in [1.807, 2.05) is 12.1 Å². The number of benzene rings is 1. The van der Waals surface area contributed by atoms with Gasteiger partial charge in [0, 0.05) is 27.6 Å². The zero-order chi connectivity index (χ0) is 18.4. The van der Waals surface area contributed by atoms with Crippen LogP contribution in [-0.4, -0.2) is 16.5 Å². The molecule has 25 heavy (non-hydrogen) atoms. The summed E-state index contributed by atoms with van der Waals surface area (Å²) < 4.78 is 8.99. The van der Waals surface area contributed by atoms with Gasteiger partial charge in [-0.15, -0.1) is 0 Å². The first-order valence-electron chi connectivity index (χ1n) is 8.53. The molecular weight excluding hydrogens is 376 g/mol. The number of nitrogens with zero attached hydrogens (tertiary/aromatic N) is 2. The minimum atomic E-state index is -0.0316. The van der Waals surface area contributed by atoms with Gasteiger partial charge in [-0.25, -0.2) is 4.98 Å². The lowest BCUT2D eigenvalue weighted by Crippen LogP contribution is -2.15. The van der Waals surface area contributed by atoms with Gasteiger partial charge in [0.05, 0.1) is 18.5 Å². The van der Waals surface area contributed by atoms with Gasteiger partial charge in [0.15, 0.2) is 0 Å². The Kier molecular flexibility index (Phi) is 4.67. The van der Waals surface area contributed by atoms with Crippen molar-refractivity contribution in [2.75, 3.05) is 7.11 Å². The monoisotopic (exact) mass is 400 g/mol. The molecule has 0 amide bonds. The topological polar surface area (TPSA) is 26.5 Å². The van der Waals surface area contributed by atoms with Crippen molar-refractivity contribution in [1.82, 2.24) is 9.38 Å². The van der Waals surface area contributed by atoms with Crippen molar-refractivity contribution in [2.24, 2.45) is 0 Å². The number of hydrogen-bond acceptors (Lipinski definition) is 2. The number of fused-ring (bicyclic) bond motifs is 1. The molecule has 0 unspecified atom stereocenters. The number of methoxy groups -OCH3 is 1. The Hall–Kier alpha value is -1.81. The Balaban J connectivity index is 2.29. The van der Waals surface area contributed by atoms with Gasteiger partial charge in [0.25, 0.3) is 0 Å². The van der Waals surface area contributed by atoms with Crippen LogP contribution in [0.2, 0.25) is 0 Å². The molecule has 132 valence electrons. The minimum absolute atomic E-state index is 0.0316. The van der Waals surface area contributed by atoms with Gasteiger partial charge in [-0.05, 0) is 47.5 Å². The van der Waals surface area contributed by atoms with Crippen molar-refractivity contribution in [1.29, 1.82) is 0 Å². The number of ether oxygens (including phenoxy) is 1. The quantitative estimate of drug-likeness (QED) is 0.570. The molecule has 2 heterocycles. The molecule has 0 atom stereocenters. The fourth-order valence-electron chi connectivity index (χ4n) is 3.38. The molecule has 0 aliphatic heterocycles. The summed E-state index contributed by atoms with van der Waals surface area (Å²) >= 11 is 3.73. The summed E-state index contributed by atoms with van der Waals surface area (Å²) in [7, 11) is 1.73. The summed E-state index contributed by atoms with van der Waals surface area (Å²) in [5, 5.41) is 0. The van der Waals surface area contributed by atoms with E-state index in [4.69, 9.17) is 9.72 Å². The number of rotatable bonds is 3. The van der Waals surface area contributed by atoms with Gasteiger partial charge in [0.2, 0.25) is 0 Å². The number of aromatic nitrogens is 2. The number of aryl methyl sites for hydroxylation is 2. The zero-order valence-corrected chi connectivity index (χ0v) is 17.4. The molecule has 3 nitrogen and oxygen atoms in total. The molecular formula is C21H25BrN2O. The van der Waals surface area contributed by atoms with Crippen molar-refractivity contribution >= 4 is 21.6 Å². The predicted molar refractivity (Wildman–Crippen MR) is 107 cm³/mol. The predicted octanol–water partition coefficient (Wildman–Crippen LogP) is 5.61. The van der Waals surface area contributed by atoms with Gasteiger partial charge in [0.1, 0.15) is 11.4 Å². The first-order chi connectivity index (χ1) is 11.7. The van der Waals surface area contributed by atoms with Crippen LogP contribution in [0.5, 0.6) is 5.75 Å². The fraction of sp³-hybridized carbons (Fsp3) is 0.381. The molecule has 2 aromatic heterocycles. The summed E-state index contributed by atoms with van der Waals surface area (Å²) in [5.74, 6) is 0.918. The largest absolute Gasteiger partial charge is 0.496 e. The molecule has 0 spiro atoms. The average Bonchev–Trinajstić information content (AvgIpc) is 2.92. The van der Waals surface area contributed by atoms with Crippen LogP contribution < -0.4 is 4.74 Å². The Morgan fingerprint density at radius 2 is 1.84 bits per heavy atom. The summed E-state index contributed by atoms with van der Waals surface area (Å²) in [6.45, 7) is 10.9. The molecule has 3 rings (SSSR count). The zero-order valence-electron chi connectivity index (χ0n) is 15.8. The lowest BCUT2D eigenvalue weighted by atomic mass is 9.89. The third-order valence-electron chi connectivity index (χ3n) is 4.60. The Labute approximate surface area is 158 Å². The normalized spacial score (nSPS) is 12.0. The van der Waals surface area contributed by atoms with Gasteiger partial charge in [-0.2, -0.15) is 0 Å². The lowest BCUT2D eigenvalue weighted by Gasteiger charge is -2.19. The molecule has 0 saturated heterocycles. The molecule has 0 bridgehead atoms. The van der Waals surface area contributed by atoms with Gasteiger partial charge in [-0.1, -0.05) is 39.0 Å². The van der Waals surface area contributed by atoms with E-state index in [2.05, 4.69) is 73.1 Å². The van der Waals surface area contributed by atoms with E-state index in [-0.39, 0.29) is 5.41 Å². The Morgan fingerprint density at radius 3 is 2.48 bits per heavy atom. The third kappa shape index (κ3) is 3.20. The van der Waals surface area contributed by atoms with Crippen molar-refractivity contribution in [3.63, 3.8) is 0 Å². The van der Waals surface area contributed by atoms with E-state index in [0.717, 1.165) is 28.0 Å². The summed E-state index contributed by atoms with van der Waals surface area (Å²) in [4.78, 5) is 5.00. The van der Waals surface area contributed by atoms with Crippen LogP contribution in [0.1, 0.15) is 49.0 Å². The van der Waals surface area contributed by atoms with Crippen LogP contribution in [0.25, 0.3) is 5.65 Å². The van der Waals surface area contributed by atoms with Gasteiger partial charge >= 0.3 is 0 Å². The van der Waals surface area contributed by atoms with Crippen molar-refractivity contribution in [3.8, 4) is 5.75 Å². The Morgan fingerprint density at radius 1 is 1.16 bits per heavy atom. The van der Waals surface area contributed by atoms with E-state index in [9.17, 15) is 0 Å². The number of para-hydroxylation sites is 1. The van der Waals surface area contributed by atoms with Crippen molar-refractivity contribution in [2.45, 2.75) is 46.5 Å². The summed E-state index contributed by atoms with van der Waals surface area (Å²) in [6, 6.07) is 10.4. The molecule has 0 aliphatic rings. The highest BCUT2D eigenvalue weighted by atomic mass is 79.9. The standard InChI is InChI=1S/C21H25BrN2O/c1-13-11-18-23-20(21(3,4)5)16(24(18)14(2)19(13)22)12-15-9-7-8-10-17(15)25-6/h7-11H,12H2,1-6H3. The molecule has 0 N–H and O–H groups in total. The van der Waals surface area contributed by atoms with E-state index < -0.39 is 0 Å². The molecule has 3 aromatic rings. The SMILES string of the molecule is COc1ccccc1Cc1c(C(C)(C)C)nc2cc(C)c(Br)c(C)n12. The first-order valence-corrected chi connectivity index (χ1v) is 9.32. The van der Waals surface area contributed by atoms with Crippen LogP contribution >= 0.6 is 15.9 Å². The van der Waals surface area contributed by atoms with E-state index in [1.54, 1.807) is 7.11 Å². The molecule has 0 radical (unpaired) electrons. The smallest absolute Gasteiger partial charge is 0.137 e. The second kappa shape index (κ2) is 6.49.